The number of nitrogens with one attached hydrogen (secondary N) is 2. The number of rotatable bonds is 3. The number of hydrogen-bond acceptors (Lipinski definition) is 2. The van der Waals surface area contributed by atoms with Crippen molar-refractivity contribution in [2.75, 3.05) is 26.2 Å². The Balaban J connectivity index is 1.37. The summed E-state index contributed by atoms with van der Waals surface area (Å²) in [5.41, 5.74) is 2.66. The number of carbonyl (C=O) groups excluding carboxylic acids is 2. The van der Waals surface area contributed by atoms with Gasteiger partial charge < -0.3 is 19.8 Å². The smallest absolute Gasteiger partial charge is 0.270 e. The van der Waals surface area contributed by atoms with Gasteiger partial charge in [-0.25, -0.2) is 0 Å². The van der Waals surface area contributed by atoms with Crippen LogP contribution in [-0.4, -0.2) is 57.8 Å². The number of benzene rings is 1. The average Bonchev–Trinajstić information content (AvgIpc) is 3.32. The van der Waals surface area contributed by atoms with E-state index in [0.29, 0.717) is 38.3 Å². The van der Waals surface area contributed by atoms with E-state index in [9.17, 15) is 9.59 Å². The quantitative estimate of drug-likeness (QED) is 0.768. The zero-order valence-electron chi connectivity index (χ0n) is 13.9. The van der Waals surface area contributed by atoms with E-state index in [1.54, 1.807) is 17.2 Å². The van der Waals surface area contributed by atoms with Crippen molar-refractivity contribution in [3.05, 3.63) is 60.0 Å². The van der Waals surface area contributed by atoms with Crippen molar-refractivity contribution >= 4 is 22.7 Å². The molecule has 0 saturated carbocycles. The van der Waals surface area contributed by atoms with Crippen LogP contribution in [0.5, 0.6) is 0 Å². The fourth-order valence-corrected chi connectivity index (χ4v) is 3.35. The van der Waals surface area contributed by atoms with Crippen LogP contribution in [0.2, 0.25) is 0 Å². The second-order valence-corrected chi connectivity index (χ2v) is 6.29. The van der Waals surface area contributed by atoms with Crippen molar-refractivity contribution in [3.63, 3.8) is 0 Å². The number of carbonyl (C=O) groups is 2. The topological polar surface area (TPSA) is 72.2 Å². The Labute approximate surface area is 145 Å². The summed E-state index contributed by atoms with van der Waals surface area (Å²) < 4.78 is 0. The molecule has 2 amide bonds. The predicted octanol–water partition coefficient (Wildman–Crippen LogP) is 2.02. The molecule has 0 aliphatic carbocycles. The molecule has 25 heavy (non-hydrogen) atoms. The van der Waals surface area contributed by atoms with Crippen LogP contribution in [0.1, 0.15) is 16.1 Å². The minimum atomic E-state index is -0.00581. The van der Waals surface area contributed by atoms with Crippen LogP contribution >= 0.6 is 0 Å². The van der Waals surface area contributed by atoms with Crippen molar-refractivity contribution in [3.8, 4) is 0 Å². The molecule has 4 rings (SSSR count). The number of nitrogens with zero attached hydrogens (tertiary/aromatic N) is 2. The highest BCUT2D eigenvalue weighted by atomic mass is 16.2. The molecule has 1 fully saturated rings. The summed E-state index contributed by atoms with van der Waals surface area (Å²) >= 11 is 0. The SMILES string of the molecule is O=C(Cc1c[nH]c2ccccc12)N1CCN(C(=O)c2ccc[nH]2)CC1. The van der Waals surface area contributed by atoms with E-state index in [2.05, 4.69) is 9.97 Å². The maximum Gasteiger partial charge on any atom is 0.270 e. The lowest BCUT2D eigenvalue weighted by Gasteiger charge is -2.34. The molecule has 1 aromatic carbocycles. The third kappa shape index (κ3) is 3.03. The van der Waals surface area contributed by atoms with Gasteiger partial charge in [0.25, 0.3) is 5.91 Å². The van der Waals surface area contributed by atoms with Crippen molar-refractivity contribution in [2.24, 2.45) is 0 Å². The average molecular weight is 336 g/mol. The number of piperazine rings is 1. The lowest BCUT2D eigenvalue weighted by molar-refractivity contribution is -0.131. The summed E-state index contributed by atoms with van der Waals surface area (Å²) in [6, 6.07) is 11.6. The lowest BCUT2D eigenvalue weighted by Crippen LogP contribution is -2.51. The Morgan fingerprint density at radius 2 is 1.68 bits per heavy atom. The third-order valence-corrected chi connectivity index (χ3v) is 4.76. The Morgan fingerprint density at radius 3 is 2.44 bits per heavy atom. The summed E-state index contributed by atoms with van der Waals surface area (Å²) in [6.07, 6.45) is 4.04. The van der Waals surface area contributed by atoms with Crippen LogP contribution in [0.25, 0.3) is 10.9 Å². The van der Waals surface area contributed by atoms with Gasteiger partial charge >= 0.3 is 0 Å². The van der Waals surface area contributed by atoms with E-state index in [4.69, 9.17) is 0 Å². The molecule has 6 nitrogen and oxygen atoms in total. The van der Waals surface area contributed by atoms with Gasteiger partial charge in [0.15, 0.2) is 0 Å². The Kier molecular flexibility index (Phi) is 4.01. The molecule has 3 heterocycles. The van der Waals surface area contributed by atoms with E-state index >= 15 is 0 Å². The van der Waals surface area contributed by atoms with E-state index < -0.39 is 0 Å². The fraction of sp³-hybridized carbons (Fsp3) is 0.263. The molecule has 1 saturated heterocycles. The largest absolute Gasteiger partial charge is 0.361 e. The monoisotopic (exact) mass is 336 g/mol. The first kappa shape index (κ1) is 15.5. The predicted molar refractivity (Wildman–Crippen MR) is 95.3 cm³/mol. The molecule has 2 aromatic heterocycles. The zero-order valence-corrected chi connectivity index (χ0v) is 13.9. The molecule has 1 aliphatic heterocycles. The van der Waals surface area contributed by atoms with Crippen molar-refractivity contribution < 1.29 is 9.59 Å². The van der Waals surface area contributed by atoms with Gasteiger partial charge in [-0.3, -0.25) is 9.59 Å². The van der Waals surface area contributed by atoms with Gasteiger partial charge in [0.2, 0.25) is 5.91 Å². The van der Waals surface area contributed by atoms with Crippen molar-refractivity contribution in [2.45, 2.75) is 6.42 Å². The lowest BCUT2D eigenvalue weighted by atomic mass is 10.1. The second-order valence-electron chi connectivity index (χ2n) is 6.29. The van der Waals surface area contributed by atoms with Gasteiger partial charge in [0.05, 0.1) is 6.42 Å². The maximum absolute atomic E-state index is 12.6. The standard InChI is InChI=1S/C19H20N4O2/c24-18(12-14-13-21-16-5-2-1-4-15(14)16)22-8-10-23(11-9-22)19(25)17-6-3-7-20-17/h1-7,13,20-21H,8-12H2. The molecule has 0 radical (unpaired) electrons. The first-order valence-corrected chi connectivity index (χ1v) is 8.48. The number of amides is 2. The molecule has 0 bridgehead atoms. The fourth-order valence-electron chi connectivity index (χ4n) is 3.35. The van der Waals surface area contributed by atoms with Gasteiger partial charge in [-0.2, -0.15) is 0 Å². The number of hydrogen-bond donors (Lipinski definition) is 2. The third-order valence-electron chi connectivity index (χ3n) is 4.76. The normalized spacial score (nSPS) is 14.9. The van der Waals surface area contributed by atoms with E-state index in [-0.39, 0.29) is 11.8 Å². The molecule has 3 aromatic rings. The number of fused-ring (bicyclic) bond motifs is 1. The summed E-state index contributed by atoms with van der Waals surface area (Å²) in [6.45, 7) is 2.29. The number of H-pyrrole nitrogens is 2. The molecule has 0 atom stereocenters. The molecular formula is C19H20N4O2. The van der Waals surface area contributed by atoms with Crippen molar-refractivity contribution in [1.29, 1.82) is 0 Å². The van der Waals surface area contributed by atoms with Crippen LogP contribution in [0, 0.1) is 0 Å². The molecule has 2 N–H and O–H groups in total. The van der Waals surface area contributed by atoms with Gasteiger partial charge in [-0.1, -0.05) is 18.2 Å². The van der Waals surface area contributed by atoms with Crippen LogP contribution in [0.15, 0.2) is 48.8 Å². The first-order valence-electron chi connectivity index (χ1n) is 8.48. The minimum Gasteiger partial charge on any atom is -0.361 e. The molecular weight excluding hydrogens is 316 g/mol. The van der Waals surface area contributed by atoms with Crippen LogP contribution < -0.4 is 0 Å². The molecule has 128 valence electrons. The second kappa shape index (κ2) is 6.47. The summed E-state index contributed by atoms with van der Waals surface area (Å²) in [7, 11) is 0. The Bertz CT molecular complexity index is 889. The zero-order chi connectivity index (χ0) is 17.2. The maximum atomic E-state index is 12.6. The van der Waals surface area contributed by atoms with Gasteiger partial charge in [-0.15, -0.1) is 0 Å². The van der Waals surface area contributed by atoms with Gasteiger partial charge in [0.1, 0.15) is 5.69 Å². The highest BCUT2D eigenvalue weighted by molar-refractivity contribution is 5.93. The number of aromatic nitrogens is 2. The summed E-state index contributed by atoms with van der Waals surface area (Å²) in [4.78, 5) is 34.7. The van der Waals surface area contributed by atoms with Gasteiger partial charge in [0, 0.05) is 49.5 Å². The van der Waals surface area contributed by atoms with Gasteiger partial charge in [-0.05, 0) is 23.8 Å². The minimum absolute atomic E-state index is 0.00581. The van der Waals surface area contributed by atoms with Crippen molar-refractivity contribution in [1.82, 2.24) is 19.8 Å². The summed E-state index contributed by atoms with van der Waals surface area (Å²) in [5, 5.41) is 1.09. The van der Waals surface area contributed by atoms with E-state index in [0.717, 1.165) is 16.5 Å². The van der Waals surface area contributed by atoms with E-state index in [1.807, 2.05) is 41.4 Å². The number of para-hydroxylation sites is 1. The Hall–Kier alpha value is -3.02. The molecule has 0 unspecified atom stereocenters. The molecule has 0 spiro atoms. The molecule has 6 heteroatoms. The van der Waals surface area contributed by atoms with Crippen LogP contribution in [0.4, 0.5) is 0 Å². The summed E-state index contributed by atoms with van der Waals surface area (Å²) in [5.74, 6) is 0.102. The highest BCUT2D eigenvalue weighted by Crippen LogP contribution is 2.19. The first-order chi connectivity index (χ1) is 12.2. The highest BCUT2D eigenvalue weighted by Gasteiger charge is 2.25. The number of aromatic amines is 2. The van der Waals surface area contributed by atoms with E-state index in [1.165, 1.54) is 0 Å². The van der Waals surface area contributed by atoms with Crippen LogP contribution in [0.3, 0.4) is 0 Å². The molecule has 1 aliphatic rings. The van der Waals surface area contributed by atoms with Crippen LogP contribution in [-0.2, 0) is 11.2 Å². The Morgan fingerprint density at radius 1 is 0.920 bits per heavy atom.